The molecule has 0 aromatic heterocycles. The number of hydrogen-bond donors (Lipinski definition) is 1. The second kappa shape index (κ2) is 5.10. The molecule has 4 atom stereocenters. The van der Waals surface area contributed by atoms with E-state index in [1.54, 1.807) is 0 Å². The average Bonchev–Trinajstić information content (AvgIpc) is 3.02. The average molecular weight is 251 g/mol. The fourth-order valence-corrected chi connectivity index (χ4v) is 4.52. The van der Waals surface area contributed by atoms with Crippen molar-refractivity contribution in [1.82, 2.24) is 15.1 Å². The van der Waals surface area contributed by atoms with Crippen LogP contribution in [0, 0.1) is 11.8 Å². The van der Waals surface area contributed by atoms with Crippen LogP contribution in [0.3, 0.4) is 0 Å². The van der Waals surface area contributed by atoms with Gasteiger partial charge in [-0.3, -0.25) is 9.80 Å². The molecule has 3 aliphatic heterocycles. The molecule has 0 aromatic rings. The summed E-state index contributed by atoms with van der Waals surface area (Å²) in [5.41, 5.74) is 0. The van der Waals surface area contributed by atoms with E-state index in [0.29, 0.717) is 0 Å². The standard InChI is InChI=1S/C15H29N3/c1-4-15-14-8-16-7-12(14)9-18(15)13-5-6-17(10-13)11(2)3/h11-16H,4-10H2,1-3H3. The van der Waals surface area contributed by atoms with Gasteiger partial charge in [-0.15, -0.1) is 0 Å². The van der Waals surface area contributed by atoms with Gasteiger partial charge in [-0.1, -0.05) is 6.92 Å². The minimum absolute atomic E-state index is 0.721. The molecule has 3 nitrogen and oxygen atoms in total. The molecule has 3 fully saturated rings. The van der Waals surface area contributed by atoms with Gasteiger partial charge in [0.15, 0.2) is 0 Å². The van der Waals surface area contributed by atoms with E-state index in [-0.39, 0.29) is 0 Å². The maximum absolute atomic E-state index is 3.59. The third kappa shape index (κ3) is 2.10. The number of nitrogens with one attached hydrogen (secondary N) is 1. The third-order valence-electron chi connectivity index (χ3n) is 5.57. The Bertz CT molecular complexity index is 291. The molecule has 3 heterocycles. The third-order valence-corrected chi connectivity index (χ3v) is 5.57. The topological polar surface area (TPSA) is 18.5 Å². The second-order valence-corrected chi connectivity index (χ2v) is 6.79. The molecule has 104 valence electrons. The van der Waals surface area contributed by atoms with Crippen molar-refractivity contribution in [2.24, 2.45) is 11.8 Å². The van der Waals surface area contributed by atoms with Crippen LogP contribution in [0.4, 0.5) is 0 Å². The highest BCUT2D eigenvalue weighted by Crippen LogP contribution is 2.37. The molecule has 0 spiro atoms. The molecule has 4 unspecified atom stereocenters. The lowest BCUT2D eigenvalue weighted by atomic mass is 9.92. The van der Waals surface area contributed by atoms with Crippen molar-refractivity contribution in [2.45, 2.75) is 51.7 Å². The smallest absolute Gasteiger partial charge is 0.0238 e. The SMILES string of the molecule is CCC1C2CNCC2CN1C1CCN(C(C)C)C1. The van der Waals surface area contributed by atoms with E-state index in [1.165, 1.54) is 45.6 Å². The summed E-state index contributed by atoms with van der Waals surface area (Å²) in [5, 5.41) is 3.59. The van der Waals surface area contributed by atoms with Crippen molar-refractivity contribution >= 4 is 0 Å². The zero-order valence-corrected chi connectivity index (χ0v) is 12.2. The van der Waals surface area contributed by atoms with E-state index in [4.69, 9.17) is 0 Å². The molecule has 0 amide bonds. The lowest BCUT2D eigenvalue weighted by molar-refractivity contribution is 0.148. The van der Waals surface area contributed by atoms with E-state index in [0.717, 1.165) is 30.0 Å². The number of hydrogen-bond acceptors (Lipinski definition) is 3. The van der Waals surface area contributed by atoms with Crippen LogP contribution in [-0.2, 0) is 0 Å². The van der Waals surface area contributed by atoms with Gasteiger partial charge in [-0.05, 0) is 51.6 Å². The summed E-state index contributed by atoms with van der Waals surface area (Å²) in [7, 11) is 0. The molecule has 3 rings (SSSR count). The molecule has 1 N–H and O–H groups in total. The Morgan fingerprint density at radius 2 is 2.06 bits per heavy atom. The predicted molar refractivity (Wildman–Crippen MR) is 75.7 cm³/mol. The van der Waals surface area contributed by atoms with Crippen molar-refractivity contribution in [3.8, 4) is 0 Å². The maximum atomic E-state index is 3.59. The van der Waals surface area contributed by atoms with E-state index in [9.17, 15) is 0 Å². The summed E-state index contributed by atoms with van der Waals surface area (Å²) < 4.78 is 0. The number of likely N-dealkylation sites (tertiary alicyclic amines) is 2. The minimum Gasteiger partial charge on any atom is -0.316 e. The lowest BCUT2D eigenvalue weighted by Crippen LogP contribution is -2.44. The van der Waals surface area contributed by atoms with Gasteiger partial charge in [0, 0.05) is 37.8 Å². The molecule has 18 heavy (non-hydrogen) atoms. The first-order chi connectivity index (χ1) is 8.70. The van der Waals surface area contributed by atoms with Crippen LogP contribution in [0.15, 0.2) is 0 Å². The summed E-state index contributed by atoms with van der Waals surface area (Å²) in [6, 6.07) is 2.41. The minimum atomic E-state index is 0.721. The zero-order valence-electron chi connectivity index (χ0n) is 12.2. The Hall–Kier alpha value is -0.120. The Kier molecular flexibility index (Phi) is 3.65. The lowest BCUT2D eigenvalue weighted by Gasteiger charge is -2.32. The number of fused-ring (bicyclic) bond motifs is 1. The van der Waals surface area contributed by atoms with Crippen LogP contribution in [0.2, 0.25) is 0 Å². The van der Waals surface area contributed by atoms with Crippen LogP contribution in [-0.4, -0.2) is 60.6 Å². The number of nitrogens with zero attached hydrogens (tertiary/aromatic N) is 2. The molecule has 3 aliphatic rings. The molecule has 3 saturated heterocycles. The fourth-order valence-electron chi connectivity index (χ4n) is 4.52. The van der Waals surface area contributed by atoms with Crippen LogP contribution >= 0.6 is 0 Å². The Morgan fingerprint density at radius 3 is 2.72 bits per heavy atom. The first-order valence-corrected chi connectivity index (χ1v) is 7.91. The summed E-state index contributed by atoms with van der Waals surface area (Å²) in [6.07, 6.45) is 2.72. The van der Waals surface area contributed by atoms with Crippen molar-refractivity contribution < 1.29 is 0 Å². The van der Waals surface area contributed by atoms with E-state index >= 15 is 0 Å². The van der Waals surface area contributed by atoms with Crippen molar-refractivity contribution in [2.75, 3.05) is 32.7 Å². The van der Waals surface area contributed by atoms with E-state index < -0.39 is 0 Å². The van der Waals surface area contributed by atoms with Gasteiger partial charge in [-0.2, -0.15) is 0 Å². The van der Waals surface area contributed by atoms with Crippen molar-refractivity contribution in [3.63, 3.8) is 0 Å². The Balaban J connectivity index is 1.66. The Labute approximate surface area is 112 Å². The quantitative estimate of drug-likeness (QED) is 0.818. The molecule has 0 aromatic carbocycles. The highest BCUT2D eigenvalue weighted by Gasteiger charge is 2.46. The molecule has 0 radical (unpaired) electrons. The summed E-state index contributed by atoms with van der Waals surface area (Å²) in [6.45, 7) is 13.5. The molecule has 3 heteroatoms. The number of rotatable bonds is 3. The van der Waals surface area contributed by atoms with Gasteiger partial charge >= 0.3 is 0 Å². The highest BCUT2D eigenvalue weighted by molar-refractivity contribution is 5.01. The van der Waals surface area contributed by atoms with E-state index in [1.807, 2.05) is 0 Å². The monoisotopic (exact) mass is 251 g/mol. The normalized spacial score (nSPS) is 42.0. The zero-order chi connectivity index (χ0) is 12.7. The van der Waals surface area contributed by atoms with Crippen LogP contribution in [0.25, 0.3) is 0 Å². The van der Waals surface area contributed by atoms with Gasteiger partial charge in [0.25, 0.3) is 0 Å². The van der Waals surface area contributed by atoms with Crippen molar-refractivity contribution in [3.05, 3.63) is 0 Å². The summed E-state index contributed by atoms with van der Waals surface area (Å²) in [5.74, 6) is 1.87. The largest absolute Gasteiger partial charge is 0.316 e. The molecule has 0 aliphatic carbocycles. The summed E-state index contributed by atoms with van der Waals surface area (Å²) >= 11 is 0. The van der Waals surface area contributed by atoms with Crippen LogP contribution in [0.1, 0.15) is 33.6 Å². The summed E-state index contributed by atoms with van der Waals surface area (Å²) in [4.78, 5) is 5.53. The second-order valence-electron chi connectivity index (χ2n) is 6.79. The van der Waals surface area contributed by atoms with E-state index in [2.05, 4.69) is 35.9 Å². The molecule has 0 bridgehead atoms. The maximum Gasteiger partial charge on any atom is 0.0238 e. The van der Waals surface area contributed by atoms with Crippen molar-refractivity contribution in [1.29, 1.82) is 0 Å². The molecule has 0 saturated carbocycles. The van der Waals surface area contributed by atoms with Gasteiger partial charge < -0.3 is 5.32 Å². The van der Waals surface area contributed by atoms with Gasteiger partial charge in [0.05, 0.1) is 0 Å². The first-order valence-electron chi connectivity index (χ1n) is 7.91. The van der Waals surface area contributed by atoms with Crippen LogP contribution < -0.4 is 5.32 Å². The van der Waals surface area contributed by atoms with Gasteiger partial charge in [0.1, 0.15) is 0 Å². The Morgan fingerprint density at radius 1 is 1.22 bits per heavy atom. The van der Waals surface area contributed by atoms with Crippen LogP contribution in [0.5, 0.6) is 0 Å². The fraction of sp³-hybridized carbons (Fsp3) is 1.00. The molecular weight excluding hydrogens is 222 g/mol. The molecular formula is C15H29N3. The van der Waals surface area contributed by atoms with Gasteiger partial charge in [0.2, 0.25) is 0 Å². The first kappa shape index (κ1) is 12.9. The highest BCUT2D eigenvalue weighted by atomic mass is 15.3. The predicted octanol–water partition coefficient (Wildman–Crippen LogP) is 1.40. The van der Waals surface area contributed by atoms with Gasteiger partial charge in [-0.25, -0.2) is 0 Å².